The van der Waals surface area contributed by atoms with Gasteiger partial charge in [-0.3, -0.25) is 9.48 Å². The third-order valence-electron chi connectivity index (χ3n) is 4.29. The summed E-state index contributed by atoms with van der Waals surface area (Å²) >= 11 is 0. The van der Waals surface area contributed by atoms with Crippen LogP contribution in [0.4, 0.5) is 10.5 Å². The van der Waals surface area contributed by atoms with Gasteiger partial charge in [-0.1, -0.05) is 12.1 Å². The fourth-order valence-electron chi connectivity index (χ4n) is 3.04. The Kier molecular flexibility index (Phi) is 4.71. The van der Waals surface area contributed by atoms with Crippen LogP contribution >= 0.6 is 0 Å². The van der Waals surface area contributed by atoms with Crippen molar-refractivity contribution < 1.29 is 14.3 Å². The first-order valence-corrected chi connectivity index (χ1v) is 8.63. The maximum Gasteiger partial charge on any atom is 0.410 e. The van der Waals surface area contributed by atoms with E-state index in [4.69, 9.17) is 4.74 Å². The number of rotatable bonds is 4. The topological polar surface area (TPSA) is 76.5 Å². The molecule has 0 bridgehead atoms. The quantitative estimate of drug-likeness (QED) is 0.913. The lowest BCUT2D eigenvalue weighted by molar-refractivity contribution is 0.102. The zero-order chi connectivity index (χ0) is 18.9. The standard InChI is InChI=1S/C19H24N4O3/c1-13-16(11-20-23(13)19(2,3)4)17(24)21-15-7-5-6-14(10-15)12-22-8-9-26-18(22)25/h5-7,10-11H,8-9,12H2,1-4H3,(H,21,24). The Hall–Kier alpha value is -2.83. The predicted octanol–water partition coefficient (Wildman–Crippen LogP) is 3.15. The number of hydrogen-bond acceptors (Lipinski definition) is 4. The van der Waals surface area contributed by atoms with Gasteiger partial charge < -0.3 is 15.0 Å². The Bertz CT molecular complexity index is 836. The van der Waals surface area contributed by atoms with E-state index in [1.165, 1.54) is 0 Å². The number of nitrogens with zero attached hydrogens (tertiary/aromatic N) is 3. The molecule has 1 aliphatic rings. The summed E-state index contributed by atoms with van der Waals surface area (Å²) in [6.07, 6.45) is 1.30. The first-order chi connectivity index (χ1) is 12.3. The number of nitrogens with one attached hydrogen (secondary N) is 1. The third kappa shape index (κ3) is 3.71. The maximum absolute atomic E-state index is 12.6. The van der Waals surface area contributed by atoms with Crippen molar-refractivity contribution in [2.75, 3.05) is 18.5 Å². The molecule has 7 heteroatoms. The van der Waals surface area contributed by atoms with Gasteiger partial charge in [-0.05, 0) is 45.4 Å². The van der Waals surface area contributed by atoms with Crippen LogP contribution in [0, 0.1) is 6.92 Å². The summed E-state index contributed by atoms with van der Waals surface area (Å²) in [6.45, 7) is 9.49. The molecule has 1 fully saturated rings. The molecule has 0 aliphatic carbocycles. The molecule has 3 rings (SSSR count). The van der Waals surface area contributed by atoms with Crippen LogP contribution in [0.25, 0.3) is 0 Å². The first kappa shape index (κ1) is 18.0. The highest BCUT2D eigenvalue weighted by Crippen LogP contribution is 2.20. The van der Waals surface area contributed by atoms with E-state index in [1.54, 1.807) is 11.1 Å². The van der Waals surface area contributed by atoms with Gasteiger partial charge in [0.1, 0.15) is 6.61 Å². The van der Waals surface area contributed by atoms with E-state index in [-0.39, 0.29) is 17.5 Å². The van der Waals surface area contributed by atoms with Crippen molar-refractivity contribution in [3.05, 3.63) is 47.3 Å². The minimum Gasteiger partial charge on any atom is -0.448 e. The zero-order valence-electron chi connectivity index (χ0n) is 15.6. The number of benzene rings is 1. The van der Waals surface area contributed by atoms with E-state index in [2.05, 4.69) is 10.4 Å². The zero-order valence-corrected chi connectivity index (χ0v) is 15.6. The molecule has 1 saturated heterocycles. The minimum absolute atomic E-state index is 0.188. The monoisotopic (exact) mass is 356 g/mol. The molecule has 0 spiro atoms. The molecule has 7 nitrogen and oxygen atoms in total. The molecule has 0 unspecified atom stereocenters. The molecule has 2 heterocycles. The van der Waals surface area contributed by atoms with Gasteiger partial charge >= 0.3 is 6.09 Å². The van der Waals surface area contributed by atoms with Crippen molar-refractivity contribution in [1.29, 1.82) is 0 Å². The maximum atomic E-state index is 12.6. The van der Waals surface area contributed by atoms with Gasteiger partial charge in [-0.15, -0.1) is 0 Å². The smallest absolute Gasteiger partial charge is 0.410 e. The lowest BCUT2D eigenvalue weighted by Crippen LogP contribution is -2.25. The molecule has 1 N–H and O–H groups in total. The van der Waals surface area contributed by atoms with Crippen molar-refractivity contribution in [3.8, 4) is 0 Å². The molecule has 2 aromatic rings. The molecule has 138 valence electrons. The summed E-state index contributed by atoms with van der Waals surface area (Å²) in [6, 6.07) is 7.47. The number of carbonyl (C=O) groups excluding carboxylic acids is 2. The Labute approximate surface area is 152 Å². The van der Waals surface area contributed by atoms with Gasteiger partial charge in [0.25, 0.3) is 5.91 Å². The molecular weight excluding hydrogens is 332 g/mol. The van der Waals surface area contributed by atoms with Gasteiger partial charge in [0, 0.05) is 17.9 Å². The van der Waals surface area contributed by atoms with Gasteiger partial charge in [0.05, 0.1) is 23.8 Å². The van der Waals surface area contributed by atoms with Crippen molar-refractivity contribution in [2.24, 2.45) is 0 Å². The summed E-state index contributed by atoms with van der Waals surface area (Å²) in [4.78, 5) is 25.8. The average Bonchev–Trinajstić information content (AvgIpc) is 3.13. The lowest BCUT2D eigenvalue weighted by Gasteiger charge is -2.21. The second kappa shape index (κ2) is 6.82. The SMILES string of the molecule is Cc1c(C(=O)Nc2cccc(CN3CCOC3=O)c2)cnn1C(C)(C)C. The highest BCUT2D eigenvalue weighted by atomic mass is 16.6. The normalized spacial score (nSPS) is 14.5. The Morgan fingerprint density at radius 1 is 1.35 bits per heavy atom. The molecule has 1 aromatic carbocycles. The summed E-state index contributed by atoms with van der Waals surface area (Å²) < 4.78 is 6.79. The van der Waals surface area contributed by atoms with Crippen molar-refractivity contribution in [1.82, 2.24) is 14.7 Å². The summed E-state index contributed by atoms with van der Waals surface area (Å²) in [7, 11) is 0. The lowest BCUT2D eigenvalue weighted by atomic mass is 10.1. The Morgan fingerprint density at radius 2 is 2.12 bits per heavy atom. The molecular formula is C19H24N4O3. The summed E-state index contributed by atoms with van der Waals surface area (Å²) in [5, 5.41) is 7.26. The number of carbonyl (C=O) groups is 2. The van der Waals surface area contributed by atoms with Crippen LogP contribution in [0.3, 0.4) is 0 Å². The number of cyclic esters (lactones) is 1. The second-order valence-corrected chi connectivity index (χ2v) is 7.42. The minimum atomic E-state index is -0.301. The van der Waals surface area contributed by atoms with E-state index in [1.807, 2.05) is 56.6 Å². The number of amides is 2. The van der Waals surface area contributed by atoms with Crippen LogP contribution in [-0.2, 0) is 16.8 Å². The molecule has 1 aromatic heterocycles. The molecule has 0 atom stereocenters. The van der Waals surface area contributed by atoms with Crippen LogP contribution in [0.1, 0.15) is 42.4 Å². The molecule has 26 heavy (non-hydrogen) atoms. The van der Waals surface area contributed by atoms with Gasteiger partial charge in [-0.25, -0.2) is 4.79 Å². The van der Waals surface area contributed by atoms with E-state index in [9.17, 15) is 9.59 Å². The van der Waals surface area contributed by atoms with Gasteiger partial charge in [0.15, 0.2) is 0 Å². The Balaban J connectivity index is 1.73. The van der Waals surface area contributed by atoms with Crippen LogP contribution in [0.5, 0.6) is 0 Å². The largest absolute Gasteiger partial charge is 0.448 e. The van der Waals surface area contributed by atoms with Crippen LogP contribution in [0.15, 0.2) is 30.5 Å². The van der Waals surface area contributed by atoms with Crippen molar-refractivity contribution in [3.63, 3.8) is 0 Å². The van der Waals surface area contributed by atoms with E-state index < -0.39 is 0 Å². The molecule has 1 aliphatic heterocycles. The highest BCUT2D eigenvalue weighted by Gasteiger charge is 2.23. The van der Waals surface area contributed by atoms with E-state index in [0.29, 0.717) is 30.9 Å². The number of aromatic nitrogens is 2. The number of hydrogen-bond donors (Lipinski definition) is 1. The number of anilines is 1. The number of ether oxygens (including phenoxy) is 1. The third-order valence-corrected chi connectivity index (χ3v) is 4.29. The highest BCUT2D eigenvalue weighted by molar-refractivity contribution is 6.04. The van der Waals surface area contributed by atoms with E-state index >= 15 is 0 Å². The predicted molar refractivity (Wildman–Crippen MR) is 98.1 cm³/mol. The molecule has 0 saturated carbocycles. The van der Waals surface area contributed by atoms with E-state index in [0.717, 1.165) is 11.3 Å². The van der Waals surface area contributed by atoms with Crippen LogP contribution in [0.2, 0.25) is 0 Å². The van der Waals surface area contributed by atoms with Crippen LogP contribution < -0.4 is 5.32 Å². The van der Waals surface area contributed by atoms with Gasteiger partial charge in [0.2, 0.25) is 0 Å². The summed E-state index contributed by atoms with van der Waals surface area (Å²) in [5.41, 5.74) is 2.80. The van der Waals surface area contributed by atoms with Crippen molar-refractivity contribution in [2.45, 2.75) is 39.8 Å². The second-order valence-electron chi connectivity index (χ2n) is 7.42. The fraction of sp³-hybridized carbons (Fsp3) is 0.421. The molecule has 0 radical (unpaired) electrons. The molecule has 2 amide bonds. The van der Waals surface area contributed by atoms with Gasteiger partial charge in [-0.2, -0.15) is 5.10 Å². The Morgan fingerprint density at radius 3 is 2.73 bits per heavy atom. The van der Waals surface area contributed by atoms with Crippen LogP contribution in [-0.4, -0.2) is 39.8 Å². The fourth-order valence-corrected chi connectivity index (χ4v) is 3.04. The van der Waals surface area contributed by atoms with Crippen molar-refractivity contribution >= 4 is 17.7 Å². The first-order valence-electron chi connectivity index (χ1n) is 8.63. The summed E-state index contributed by atoms with van der Waals surface area (Å²) in [5.74, 6) is -0.198. The average molecular weight is 356 g/mol.